The Kier molecular flexibility index (Phi) is 6.42. The zero-order valence-corrected chi connectivity index (χ0v) is 16.1. The van der Waals surface area contributed by atoms with E-state index in [1.54, 1.807) is 20.8 Å². The van der Waals surface area contributed by atoms with Crippen LogP contribution in [0.15, 0.2) is 18.2 Å². The quantitative estimate of drug-likeness (QED) is 0.495. The first-order valence-electron chi connectivity index (χ1n) is 8.25. The molecule has 1 atom stereocenters. The smallest absolute Gasteiger partial charge is 0.414 e. The van der Waals surface area contributed by atoms with Gasteiger partial charge in [-0.15, -0.1) is 0 Å². The second-order valence-electron chi connectivity index (χ2n) is 6.91. The van der Waals surface area contributed by atoms with E-state index in [9.17, 15) is 14.0 Å². The molecule has 1 aliphatic rings. The molecule has 0 bridgehead atoms. The molecule has 1 fully saturated rings. The standard InChI is InChI=1S/C17H22FN3O5S/c1-17(2,3)26-14(22)8-19-13-5-4-10(6-12(13)18)21-9-11(25-16(21)24)7-20-15(23)27/h4-6,11,19H,7-9H2,1-3H3,(H2,20,23,27)/t11-/m0/s1. The number of benzene rings is 1. The monoisotopic (exact) mass is 399 g/mol. The van der Waals surface area contributed by atoms with Crippen LogP contribution in [0.3, 0.4) is 0 Å². The number of rotatable bonds is 6. The van der Waals surface area contributed by atoms with Crippen LogP contribution in [-0.2, 0) is 14.3 Å². The van der Waals surface area contributed by atoms with Gasteiger partial charge in [0.2, 0.25) is 0 Å². The molecule has 0 spiro atoms. The number of esters is 1. The minimum Gasteiger partial charge on any atom is -0.487 e. The predicted molar refractivity (Wildman–Crippen MR) is 102 cm³/mol. The maximum atomic E-state index is 14.3. The highest BCUT2D eigenvalue weighted by molar-refractivity contribution is 7.79. The Morgan fingerprint density at radius 2 is 2.19 bits per heavy atom. The minimum atomic E-state index is -0.625. The Morgan fingerprint density at radius 3 is 2.78 bits per heavy atom. The number of ether oxygens (including phenoxy) is 2. The molecule has 0 aliphatic carbocycles. The summed E-state index contributed by atoms with van der Waals surface area (Å²) >= 11 is 4.49. The third-order valence-electron chi connectivity index (χ3n) is 3.46. The molecule has 1 aliphatic heterocycles. The SMILES string of the molecule is CC(C)(C)OC(=O)CNc1ccc(N2C[C@H](CNC(O)=S)OC2=O)cc1F. The van der Waals surface area contributed by atoms with Crippen LogP contribution in [0.4, 0.5) is 20.6 Å². The number of nitrogens with one attached hydrogen (secondary N) is 2. The normalized spacial score (nSPS) is 16.7. The lowest BCUT2D eigenvalue weighted by atomic mass is 10.2. The fourth-order valence-corrected chi connectivity index (χ4v) is 2.48. The van der Waals surface area contributed by atoms with Crippen molar-refractivity contribution in [2.75, 3.05) is 29.9 Å². The van der Waals surface area contributed by atoms with Gasteiger partial charge >= 0.3 is 12.1 Å². The van der Waals surface area contributed by atoms with Crippen molar-refractivity contribution >= 4 is 40.8 Å². The van der Waals surface area contributed by atoms with Gasteiger partial charge in [-0.2, -0.15) is 0 Å². The number of carbonyl (C=O) groups is 2. The zero-order valence-electron chi connectivity index (χ0n) is 15.2. The molecule has 8 nitrogen and oxygen atoms in total. The van der Waals surface area contributed by atoms with E-state index in [4.69, 9.17) is 14.6 Å². The van der Waals surface area contributed by atoms with Crippen LogP contribution in [0.5, 0.6) is 0 Å². The number of nitrogens with zero attached hydrogens (tertiary/aromatic N) is 1. The molecule has 0 unspecified atom stereocenters. The van der Waals surface area contributed by atoms with Crippen molar-refractivity contribution < 1.29 is 28.6 Å². The fraction of sp³-hybridized carbons (Fsp3) is 0.471. The number of carbonyl (C=O) groups excluding carboxylic acids is 2. The first-order chi connectivity index (χ1) is 12.5. The van der Waals surface area contributed by atoms with E-state index in [1.165, 1.54) is 23.1 Å². The maximum absolute atomic E-state index is 14.3. The topological polar surface area (TPSA) is 100 Å². The van der Waals surface area contributed by atoms with Gasteiger partial charge in [-0.3, -0.25) is 9.69 Å². The molecule has 1 amide bonds. The number of hydrogen-bond donors (Lipinski definition) is 3. The number of cyclic esters (lactones) is 1. The number of amides is 1. The highest BCUT2D eigenvalue weighted by Crippen LogP contribution is 2.26. The molecule has 1 saturated heterocycles. The summed E-state index contributed by atoms with van der Waals surface area (Å²) in [5.41, 5.74) is -0.196. The fourth-order valence-electron chi connectivity index (χ4n) is 2.40. The largest absolute Gasteiger partial charge is 0.487 e. The first-order valence-corrected chi connectivity index (χ1v) is 8.66. The molecule has 1 aromatic rings. The van der Waals surface area contributed by atoms with E-state index >= 15 is 0 Å². The molecule has 1 aromatic carbocycles. The minimum absolute atomic E-state index is 0.112. The van der Waals surface area contributed by atoms with Crippen molar-refractivity contribution in [3.63, 3.8) is 0 Å². The maximum Gasteiger partial charge on any atom is 0.414 e. The number of halogens is 1. The van der Waals surface area contributed by atoms with Crippen LogP contribution in [0.1, 0.15) is 20.8 Å². The van der Waals surface area contributed by atoms with Crippen molar-refractivity contribution in [2.24, 2.45) is 0 Å². The molecular weight excluding hydrogens is 377 g/mol. The molecule has 0 radical (unpaired) electrons. The first kappa shape index (κ1) is 20.7. The Morgan fingerprint density at radius 1 is 1.48 bits per heavy atom. The average Bonchev–Trinajstić information content (AvgIpc) is 2.91. The lowest BCUT2D eigenvalue weighted by molar-refractivity contribution is -0.152. The molecule has 1 heterocycles. The number of hydrogen-bond acceptors (Lipinski definition) is 6. The third kappa shape index (κ3) is 6.24. The molecule has 148 valence electrons. The van der Waals surface area contributed by atoms with Gasteiger partial charge in [0, 0.05) is 0 Å². The molecule has 3 N–H and O–H groups in total. The Balaban J connectivity index is 1.97. The van der Waals surface area contributed by atoms with Crippen LogP contribution in [0.25, 0.3) is 0 Å². The summed E-state index contributed by atoms with van der Waals surface area (Å²) in [6.07, 6.45) is -1.16. The number of anilines is 2. The summed E-state index contributed by atoms with van der Waals surface area (Å²) in [6, 6.07) is 4.14. The van der Waals surface area contributed by atoms with Gasteiger partial charge < -0.3 is 25.2 Å². The summed E-state index contributed by atoms with van der Waals surface area (Å²) in [4.78, 5) is 24.9. The number of thiocarbonyl (C=S) groups is 1. The highest BCUT2D eigenvalue weighted by Gasteiger charge is 2.32. The van der Waals surface area contributed by atoms with Crippen molar-refractivity contribution in [3.05, 3.63) is 24.0 Å². The summed E-state index contributed by atoms with van der Waals surface area (Å²) in [6.45, 7) is 5.37. The Bertz CT molecular complexity index is 738. The van der Waals surface area contributed by atoms with Crippen LogP contribution in [0.2, 0.25) is 0 Å². The van der Waals surface area contributed by atoms with Gasteiger partial charge in [-0.25, -0.2) is 9.18 Å². The number of aliphatic hydroxyl groups is 1. The van der Waals surface area contributed by atoms with E-state index in [-0.39, 0.29) is 25.3 Å². The van der Waals surface area contributed by atoms with Crippen LogP contribution in [0, 0.1) is 5.82 Å². The molecule has 2 rings (SSSR count). The summed E-state index contributed by atoms with van der Waals surface area (Å²) < 4.78 is 24.6. The summed E-state index contributed by atoms with van der Waals surface area (Å²) in [5.74, 6) is -1.13. The lowest BCUT2D eigenvalue weighted by Crippen LogP contribution is -2.33. The van der Waals surface area contributed by atoms with E-state index in [1.807, 2.05) is 0 Å². The van der Waals surface area contributed by atoms with E-state index in [0.717, 1.165) is 0 Å². The van der Waals surface area contributed by atoms with Gasteiger partial charge in [0.1, 0.15) is 24.1 Å². The second kappa shape index (κ2) is 8.38. The molecule has 0 saturated carbocycles. The van der Waals surface area contributed by atoms with Gasteiger partial charge in [0.05, 0.1) is 24.5 Å². The predicted octanol–water partition coefficient (Wildman–Crippen LogP) is 2.34. The third-order valence-corrected chi connectivity index (χ3v) is 3.61. The highest BCUT2D eigenvalue weighted by atomic mass is 32.1. The van der Waals surface area contributed by atoms with E-state index in [2.05, 4.69) is 22.9 Å². The Labute approximate surface area is 161 Å². The molecule has 10 heteroatoms. The Hall–Kier alpha value is -2.62. The van der Waals surface area contributed by atoms with Crippen molar-refractivity contribution in [1.29, 1.82) is 0 Å². The average molecular weight is 399 g/mol. The molecule has 0 aromatic heterocycles. The summed E-state index contributed by atoms with van der Waals surface area (Å²) in [5, 5.41) is 13.7. The van der Waals surface area contributed by atoms with E-state index < -0.39 is 34.8 Å². The molecular formula is C17H22FN3O5S. The van der Waals surface area contributed by atoms with Crippen molar-refractivity contribution in [2.45, 2.75) is 32.5 Å². The van der Waals surface area contributed by atoms with Crippen molar-refractivity contribution in [3.8, 4) is 0 Å². The molecule has 27 heavy (non-hydrogen) atoms. The summed E-state index contributed by atoms with van der Waals surface area (Å²) in [7, 11) is 0. The second-order valence-corrected chi connectivity index (χ2v) is 7.29. The van der Waals surface area contributed by atoms with Crippen LogP contribution < -0.4 is 15.5 Å². The van der Waals surface area contributed by atoms with E-state index in [0.29, 0.717) is 5.69 Å². The van der Waals surface area contributed by atoms with Gasteiger partial charge in [0.25, 0.3) is 5.17 Å². The van der Waals surface area contributed by atoms with Gasteiger partial charge in [-0.1, -0.05) is 0 Å². The lowest BCUT2D eigenvalue weighted by Gasteiger charge is -2.20. The van der Waals surface area contributed by atoms with Crippen LogP contribution >= 0.6 is 12.2 Å². The van der Waals surface area contributed by atoms with Gasteiger partial charge in [0.15, 0.2) is 0 Å². The van der Waals surface area contributed by atoms with Crippen LogP contribution in [-0.4, -0.2) is 53.7 Å². The van der Waals surface area contributed by atoms with Gasteiger partial charge in [-0.05, 0) is 51.2 Å². The number of aliphatic hydroxyl groups excluding tert-OH is 1. The zero-order chi connectivity index (χ0) is 20.2. The van der Waals surface area contributed by atoms with Crippen molar-refractivity contribution in [1.82, 2.24) is 5.32 Å².